The topological polar surface area (TPSA) is 56.7 Å². The number of hydrogen-bond donors (Lipinski definition) is 0. The lowest BCUT2D eigenvalue weighted by Gasteiger charge is -2.10. The first kappa shape index (κ1) is 24.5. The van der Waals surface area contributed by atoms with Crippen LogP contribution in [0.5, 0.6) is 0 Å². The van der Waals surface area contributed by atoms with E-state index in [0.29, 0.717) is 17.5 Å². The average molecular weight is 565 g/mol. The Kier molecular flexibility index (Phi) is 5.43. The number of nitrogens with zero attached hydrogens (tertiary/aromatic N) is 4. The van der Waals surface area contributed by atoms with Crippen molar-refractivity contribution in [3.8, 4) is 39.9 Å². The number of rotatable bonds is 4. The van der Waals surface area contributed by atoms with Crippen LogP contribution in [0.2, 0.25) is 0 Å². The van der Waals surface area contributed by atoms with Crippen molar-refractivity contribution in [2.45, 2.75) is 0 Å². The summed E-state index contributed by atoms with van der Waals surface area (Å²) in [7, 11) is 0. The monoisotopic (exact) mass is 564 g/mol. The van der Waals surface area contributed by atoms with Crippen molar-refractivity contribution in [1.29, 1.82) is 0 Å². The number of hydrogen-bond acceptors (Lipinski definition) is 4. The van der Waals surface area contributed by atoms with E-state index in [1.54, 1.807) is 0 Å². The molecule has 0 amide bonds. The van der Waals surface area contributed by atoms with E-state index in [9.17, 15) is 0 Å². The van der Waals surface area contributed by atoms with Crippen molar-refractivity contribution in [2.75, 3.05) is 0 Å². The van der Waals surface area contributed by atoms with Gasteiger partial charge in [-0.3, -0.25) is 0 Å². The van der Waals surface area contributed by atoms with Gasteiger partial charge in [0.15, 0.2) is 17.5 Å². The lowest BCUT2D eigenvalue weighted by molar-refractivity contribution is 0.669. The highest BCUT2D eigenvalue weighted by Gasteiger charge is 2.19. The van der Waals surface area contributed by atoms with Crippen molar-refractivity contribution in [1.82, 2.24) is 19.5 Å². The molecular weight excluding hydrogens is 540 g/mol. The Morgan fingerprint density at radius 2 is 1.00 bits per heavy atom. The van der Waals surface area contributed by atoms with Gasteiger partial charge in [0.2, 0.25) is 0 Å². The van der Waals surface area contributed by atoms with Crippen LogP contribution < -0.4 is 0 Å². The molecule has 0 saturated heterocycles. The summed E-state index contributed by atoms with van der Waals surface area (Å²) in [5.74, 6) is 1.86. The fourth-order valence-corrected chi connectivity index (χ4v) is 6.27. The molecule has 0 spiro atoms. The molecule has 0 aliphatic carbocycles. The maximum Gasteiger partial charge on any atom is 0.164 e. The summed E-state index contributed by atoms with van der Waals surface area (Å²) in [6.45, 7) is 0. The number of aromatic nitrogens is 4. The molecule has 3 aromatic heterocycles. The van der Waals surface area contributed by atoms with Crippen LogP contribution in [0, 0.1) is 0 Å². The Bertz CT molecular complexity index is 2380. The van der Waals surface area contributed by atoms with Crippen LogP contribution in [0.1, 0.15) is 0 Å². The highest BCUT2D eigenvalue weighted by molar-refractivity contribution is 6.13. The first-order valence-corrected chi connectivity index (χ1v) is 14.6. The van der Waals surface area contributed by atoms with Crippen LogP contribution in [0.25, 0.3) is 83.6 Å². The molecule has 0 radical (unpaired) electrons. The fourth-order valence-electron chi connectivity index (χ4n) is 6.27. The zero-order valence-corrected chi connectivity index (χ0v) is 23.6. The highest BCUT2D eigenvalue weighted by atomic mass is 16.3. The Balaban J connectivity index is 1.31. The van der Waals surface area contributed by atoms with Crippen LogP contribution in [0.4, 0.5) is 0 Å². The minimum atomic E-state index is 0.605. The predicted octanol–water partition coefficient (Wildman–Crippen LogP) is 9.87. The van der Waals surface area contributed by atoms with E-state index in [0.717, 1.165) is 44.3 Å². The van der Waals surface area contributed by atoms with E-state index in [4.69, 9.17) is 19.4 Å². The van der Waals surface area contributed by atoms with Crippen molar-refractivity contribution >= 4 is 43.7 Å². The minimum absolute atomic E-state index is 0.605. The van der Waals surface area contributed by atoms with E-state index in [1.807, 2.05) is 72.8 Å². The summed E-state index contributed by atoms with van der Waals surface area (Å²) in [5, 5.41) is 4.45. The van der Waals surface area contributed by atoms with Crippen LogP contribution in [-0.2, 0) is 0 Å². The molecule has 206 valence electrons. The SMILES string of the molecule is c1ccc(-c2nc(-c3ccccc3)nc(-c3cccc4oc5ccc(-n6c7ccccc7c7ccccc76)cc5c34)n2)cc1. The molecule has 44 heavy (non-hydrogen) atoms. The molecular formula is C39H24N4O. The number of para-hydroxylation sites is 2. The van der Waals surface area contributed by atoms with E-state index < -0.39 is 0 Å². The van der Waals surface area contributed by atoms with E-state index in [2.05, 4.69) is 77.4 Å². The van der Waals surface area contributed by atoms with Gasteiger partial charge in [-0.1, -0.05) is 109 Å². The van der Waals surface area contributed by atoms with Crippen LogP contribution in [-0.4, -0.2) is 19.5 Å². The maximum absolute atomic E-state index is 6.41. The third kappa shape index (κ3) is 3.83. The molecule has 3 heterocycles. The highest BCUT2D eigenvalue weighted by Crippen LogP contribution is 2.39. The minimum Gasteiger partial charge on any atom is -0.456 e. The Hall–Kier alpha value is -6.07. The molecule has 0 N–H and O–H groups in total. The first-order chi connectivity index (χ1) is 21.8. The molecule has 5 nitrogen and oxygen atoms in total. The second-order valence-corrected chi connectivity index (χ2v) is 10.9. The Labute approximate surface area is 252 Å². The molecule has 0 aliphatic rings. The third-order valence-electron chi connectivity index (χ3n) is 8.26. The Morgan fingerprint density at radius 3 is 1.64 bits per heavy atom. The molecule has 9 rings (SSSR count). The van der Waals surface area contributed by atoms with Gasteiger partial charge >= 0.3 is 0 Å². The van der Waals surface area contributed by atoms with Gasteiger partial charge in [0.1, 0.15) is 11.2 Å². The summed E-state index contributed by atoms with van der Waals surface area (Å²) < 4.78 is 8.74. The smallest absolute Gasteiger partial charge is 0.164 e. The van der Waals surface area contributed by atoms with Gasteiger partial charge in [-0.25, -0.2) is 15.0 Å². The lowest BCUT2D eigenvalue weighted by atomic mass is 10.0. The average Bonchev–Trinajstić information content (AvgIpc) is 3.64. The van der Waals surface area contributed by atoms with Gasteiger partial charge in [-0.2, -0.15) is 0 Å². The van der Waals surface area contributed by atoms with E-state index >= 15 is 0 Å². The van der Waals surface area contributed by atoms with Crippen molar-refractivity contribution < 1.29 is 4.42 Å². The fraction of sp³-hybridized carbons (Fsp3) is 0. The van der Waals surface area contributed by atoms with E-state index in [-0.39, 0.29) is 0 Å². The van der Waals surface area contributed by atoms with Gasteiger partial charge in [-0.05, 0) is 36.4 Å². The predicted molar refractivity (Wildman–Crippen MR) is 178 cm³/mol. The zero-order chi connectivity index (χ0) is 29.0. The van der Waals surface area contributed by atoms with Crippen molar-refractivity contribution in [3.63, 3.8) is 0 Å². The standard InChI is InChI=1S/C39H24N4O/c1-3-12-25(13-4-1)37-40-38(26-14-5-2-6-15-26)42-39(41-37)30-18-11-21-35-36(30)31-24-27(22-23-34(31)44-35)43-32-19-9-7-16-28(32)29-17-8-10-20-33(29)43/h1-24H. The Morgan fingerprint density at radius 1 is 0.432 bits per heavy atom. The molecule has 5 heteroatoms. The molecule has 9 aromatic rings. The first-order valence-electron chi connectivity index (χ1n) is 14.6. The van der Waals surface area contributed by atoms with Gasteiger partial charge < -0.3 is 8.98 Å². The molecule has 0 fully saturated rings. The summed E-state index contributed by atoms with van der Waals surface area (Å²) in [5.41, 5.74) is 7.78. The van der Waals surface area contributed by atoms with Crippen LogP contribution >= 0.6 is 0 Å². The van der Waals surface area contributed by atoms with E-state index in [1.165, 1.54) is 21.8 Å². The van der Waals surface area contributed by atoms with Gasteiger partial charge in [0.25, 0.3) is 0 Å². The summed E-state index contributed by atoms with van der Waals surface area (Å²) in [4.78, 5) is 14.9. The largest absolute Gasteiger partial charge is 0.456 e. The molecule has 0 saturated carbocycles. The summed E-state index contributed by atoms with van der Waals surface area (Å²) in [6.07, 6.45) is 0. The molecule has 0 atom stereocenters. The number of fused-ring (bicyclic) bond motifs is 6. The molecule has 0 bridgehead atoms. The summed E-state index contributed by atoms with van der Waals surface area (Å²) >= 11 is 0. The normalized spacial score (nSPS) is 11.6. The second-order valence-electron chi connectivity index (χ2n) is 10.9. The maximum atomic E-state index is 6.41. The number of benzene rings is 6. The van der Waals surface area contributed by atoms with Crippen LogP contribution in [0.15, 0.2) is 150 Å². The molecule has 0 unspecified atom stereocenters. The van der Waals surface area contributed by atoms with Gasteiger partial charge in [0.05, 0.1) is 11.0 Å². The van der Waals surface area contributed by atoms with Gasteiger partial charge in [-0.15, -0.1) is 0 Å². The zero-order valence-electron chi connectivity index (χ0n) is 23.6. The van der Waals surface area contributed by atoms with Crippen molar-refractivity contribution in [2.24, 2.45) is 0 Å². The summed E-state index contributed by atoms with van der Waals surface area (Å²) in [6, 6.07) is 49.7. The number of furan rings is 1. The second kappa shape index (κ2) is 9.75. The third-order valence-corrected chi connectivity index (χ3v) is 8.26. The van der Waals surface area contributed by atoms with Crippen LogP contribution in [0.3, 0.4) is 0 Å². The quantitative estimate of drug-likeness (QED) is 0.213. The van der Waals surface area contributed by atoms with Crippen molar-refractivity contribution in [3.05, 3.63) is 146 Å². The lowest BCUT2D eigenvalue weighted by Crippen LogP contribution is -2.00. The molecule has 6 aromatic carbocycles. The van der Waals surface area contributed by atoms with Gasteiger partial charge in [0, 0.05) is 43.9 Å². The molecule has 0 aliphatic heterocycles.